The van der Waals surface area contributed by atoms with E-state index in [4.69, 9.17) is 18.6 Å². The van der Waals surface area contributed by atoms with Gasteiger partial charge in [-0.3, -0.25) is 4.90 Å². The number of carbonyl (C=O) groups excluding carboxylic acids is 1. The molecule has 0 bridgehead atoms. The van der Waals surface area contributed by atoms with Crippen LogP contribution >= 0.6 is 0 Å². The van der Waals surface area contributed by atoms with Crippen molar-refractivity contribution in [1.29, 1.82) is 0 Å². The molecule has 2 heterocycles. The second-order valence-corrected chi connectivity index (χ2v) is 6.55. The molecule has 1 aliphatic heterocycles. The van der Waals surface area contributed by atoms with Gasteiger partial charge in [0.2, 0.25) is 5.89 Å². The maximum absolute atomic E-state index is 11.8. The van der Waals surface area contributed by atoms with Gasteiger partial charge in [0.1, 0.15) is 5.76 Å². The van der Waals surface area contributed by atoms with Crippen molar-refractivity contribution in [2.45, 2.75) is 20.4 Å². The highest BCUT2D eigenvalue weighted by Gasteiger charge is 2.23. The van der Waals surface area contributed by atoms with E-state index in [0.29, 0.717) is 43.6 Å². The maximum Gasteiger partial charge on any atom is 0.409 e. The second kappa shape index (κ2) is 8.97. The lowest BCUT2D eigenvalue weighted by Gasteiger charge is -2.33. The zero-order valence-electron chi connectivity index (χ0n) is 16.9. The molecule has 0 radical (unpaired) electrons. The molecule has 2 aromatic rings. The van der Waals surface area contributed by atoms with E-state index >= 15 is 0 Å². The summed E-state index contributed by atoms with van der Waals surface area (Å²) in [5.74, 6) is 2.64. The van der Waals surface area contributed by atoms with Crippen molar-refractivity contribution in [1.82, 2.24) is 14.8 Å². The van der Waals surface area contributed by atoms with Gasteiger partial charge in [-0.15, -0.1) is 0 Å². The van der Waals surface area contributed by atoms with Gasteiger partial charge in [0, 0.05) is 38.3 Å². The van der Waals surface area contributed by atoms with Crippen LogP contribution in [0.2, 0.25) is 0 Å². The third-order valence-corrected chi connectivity index (χ3v) is 4.79. The Balaban J connectivity index is 1.66. The predicted octanol–water partition coefficient (Wildman–Crippen LogP) is 2.94. The van der Waals surface area contributed by atoms with Crippen molar-refractivity contribution in [3.8, 4) is 23.0 Å². The molecule has 0 spiro atoms. The molecule has 0 N–H and O–H groups in total. The Labute approximate surface area is 165 Å². The molecule has 1 aliphatic rings. The van der Waals surface area contributed by atoms with Gasteiger partial charge < -0.3 is 23.5 Å². The van der Waals surface area contributed by atoms with Crippen molar-refractivity contribution in [3.63, 3.8) is 0 Å². The molecule has 0 atom stereocenters. The number of benzene rings is 1. The number of ether oxygens (including phenoxy) is 3. The molecule has 0 saturated carbocycles. The lowest BCUT2D eigenvalue weighted by Crippen LogP contribution is -2.48. The number of aromatic nitrogens is 1. The zero-order chi connectivity index (χ0) is 20.1. The van der Waals surface area contributed by atoms with Crippen LogP contribution in [0.15, 0.2) is 22.6 Å². The lowest BCUT2D eigenvalue weighted by molar-refractivity contribution is 0.0774. The molecule has 1 aromatic heterocycles. The quantitative estimate of drug-likeness (QED) is 0.752. The van der Waals surface area contributed by atoms with E-state index in [1.165, 1.54) is 0 Å². The van der Waals surface area contributed by atoms with E-state index in [9.17, 15) is 4.79 Å². The van der Waals surface area contributed by atoms with E-state index in [-0.39, 0.29) is 6.09 Å². The number of nitrogens with zero attached hydrogens (tertiary/aromatic N) is 3. The summed E-state index contributed by atoms with van der Waals surface area (Å²) >= 11 is 0. The van der Waals surface area contributed by atoms with Crippen LogP contribution in [0.5, 0.6) is 11.5 Å². The van der Waals surface area contributed by atoms with Gasteiger partial charge in [-0.1, -0.05) is 0 Å². The predicted molar refractivity (Wildman–Crippen MR) is 104 cm³/mol. The number of amides is 1. The van der Waals surface area contributed by atoms with E-state index in [0.717, 1.165) is 30.1 Å². The molecule has 1 saturated heterocycles. The summed E-state index contributed by atoms with van der Waals surface area (Å²) < 4.78 is 21.6. The summed E-state index contributed by atoms with van der Waals surface area (Å²) in [7, 11) is 3.20. The molecular formula is C20H27N3O5. The molecule has 0 aliphatic carbocycles. The van der Waals surface area contributed by atoms with Crippen LogP contribution in [0, 0.1) is 6.92 Å². The minimum atomic E-state index is -0.240. The Morgan fingerprint density at radius 2 is 1.86 bits per heavy atom. The molecule has 3 rings (SSSR count). The summed E-state index contributed by atoms with van der Waals surface area (Å²) in [6, 6.07) is 5.59. The van der Waals surface area contributed by atoms with Crippen molar-refractivity contribution >= 4 is 6.09 Å². The summed E-state index contributed by atoms with van der Waals surface area (Å²) in [4.78, 5) is 20.5. The van der Waals surface area contributed by atoms with Gasteiger partial charge in [-0.05, 0) is 32.0 Å². The van der Waals surface area contributed by atoms with E-state index in [2.05, 4.69) is 9.88 Å². The Morgan fingerprint density at radius 1 is 1.14 bits per heavy atom. The number of hydrogen-bond donors (Lipinski definition) is 0. The number of hydrogen-bond acceptors (Lipinski definition) is 7. The highest BCUT2D eigenvalue weighted by molar-refractivity contribution is 5.67. The van der Waals surface area contributed by atoms with Gasteiger partial charge in [-0.25, -0.2) is 9.78 Å². The lowest BCUT2D eigenvalue weighted by atomic mass is 10.2. The molecule has 0 unspecified atom stereocenters. The Bertz CT molecular complexity index is 812. The molecule has 1 aromatic carbocycles. The fraction of sp³-hybridized carbons (Fsp3) is 0.500. The number of carbonyl (C=O) groups is 1. The number of oxazole rings is 1. The molecule has 1 fully saturated rings. The second-order valence-electron chi connectivity index (χ2n) is 6.55. The number of piperazine rings is 1. The fourth-order valence-electron chi connectivity index (χ4n) is 3.18. The minimum Gasteiger partial charge on any atom is -0.493 e. The standard InChI is InChI=1S/C20H27N3O5/c1-5-27-20(24)23-10-8-22(9-11-23)13-16-14(2)28-19(21-16)15-6-7-17(25-3)18(12-15)26-4/h6-7,12H,5,8-11,13H2,1-4H3. The van der Waals surface area contributed by atoms with Crippen LogP contribution in [0.1, 0.15) is 18.4 Å². The van der Waals surface area contributed by atoms with Gasteiger partial charge in [0.05, 0.1) is 26.5 Å². The molecule has 8 heteroatoms. The maximum atomic E-state index is 11.8. The van der Waals surface area contributed by atoms with Crippen molar-refractivity contribution in [3.05, 3.63) is 29.7 Å². The average Bonchev–Trinajstić information content (AvgIpc) is 3.08. The van der Waals surface area contributed by atoms with E-state index < -0.39 is 0 Å². The summed E-state index contributed by atoms with van der Waals surface area (Å²) in [6.45, 7) is 7.67. The van der Waals surface area contributed by atoms with Gasteiger partial charge in [-0.2, -0.15) is 0 Å². The van der Waals surface area contributed by atoms with Gasteiger partial charge >= 0.3 is 6.09 Å². The van der Waals surface area contributed by atoms with E-state index in [1.807, 2.05) is 32.0 Å². The van der Waals surface area contributed by atoms with Crippen molar-refractivity contribution in [2.75, 3.05) is 47.0 Å². The van der Waals surface area contributed by atoms with Crippen molar-refractivity contribution in [2.24, 2.45) is 0 Å². The van der Waals surface area contributed by atoms with Crippen LogP contribution in [0.4, 0.5) is 4.79 Å². The number of aryl methyl sites for hydroxylation is 1. The first kappa shape index (κ1) is 20.0. The highest BCUT2D eigenvalue weighted by atomic mass is 16.6. The fourth-order valence-corrected chi connectivity index (χ4v) is 3.18. The summed E-state index contributed by atoms with van der Waals surface area (Å²) in [5, 5.41) is 0. The van der Waals surface area contributed by atoms with Crippen LogP contribution in [-0.2, 0) is 11.3 Å². The van der Waals surface area contributed by atoms with Crippen molar-refractivity contribution < 1.29 is 23.4 Å². The van der Waals surface area contributed by atoms with Gasteiger partial charge in [0.15, 0.2) is 11.5 Å². The molecule has 1 amide bonds. The first-order valence-corrected chi connectivity index (χ1v) is 9.38. The topological polar surface area (TPSA) is 77.3 Å². The Morgan fingerprint density at radius 3 is 2.50 bits per heavy atom. The smallest absolute Gasteiger partial charge is 0.409 e. The monoisotopic (exact) mass is 389 g/mol. The third-order valence-electron chi connectivity index (χ3n) is 4.79. The normalized spacial score (nSPS) is 14.8. The summed E-state index contributed by atoms with van der Waals surface area (Å²) in [5.41, 5.74) is 1.73. The molecule has 152 valence electrons. The molecular weight excluding hydrogens is 362 g/mol. The zero-order valence-corrected chi connectivity index (χ0v) is 16.9. The van der Waals surface area contributed by atoms with Crippen LogP contribution < -0.4 is 9.47 Å². The molecule has 28 heavy (non-hydrogen) atoms. The SMILES string of the molecule is CCOC(=O)N1CCN(Cc2nc(-c3ccc(OC)c(OC)c3)oc2C)CC1. The average molecular weight is 389 g/mol. The van der Waals surface area contributed by atoms with Crippen LogP contribution in [-0.4, -0.2) is 67.9 Å². The minimum absolute atomic E-state index is 0.240. The highest BCUT2D eigenvalue weighted by Crippen LogP contribution is 2.32. The van der Waals surface area contributed by atoms with Crippen LogP contribution in [0.25, 0.3) is 11.5 Å². The van der Waals surface area contributed by atoms with Crippen LogP contribution in [0.3, 0.4) is 0 Å². The van der Waals surface area contributed by atoms with Gasteiger partial charge in [0.25, 0.3) is 0 Å². The molecule has 8 nitrogen and oxygen atoms in total. The first-order valence-electron chi connectivity index (χ1n) is 9.38. The summed E-state index contributed by atoms with van der Waals surface area (Å²) in [6.07, 6.45) is -0.240. The largest absolute Gasteiger partial charge is 0.493 e. The Hall–Kier alpha value is -2.74. The number of methoxy groups -OCH3 is 2. The number of rotatable bonds is 6. The third kappa shape index (κ3) is 4.39. The first-order chi connectivity index (χ1) is 13.5. The van der Waals surface area contributed by atoms with E-state index in [1.54, 1.807) is 19.1 Å². The Kier molecular flexibility index (Phi) is 6.41.